The highest BCUT2D eigenvalue weighted by Crippen LogP contribution is 2.36. The number of sulfonamides is 1. The van der Waals surface area contributed by atoms with E-state index in [1.54, 1.807) is 12.1 Å². The maximum absolute atomic E-state index is 14.9. The molecule has 0 bridgehead atoms. The predicted octanol–water partition coefficient (Wildman–Crippen LogP) is 9.47. The van der Waals surface area contributed by atoms with E-state index in [1.165, 1.54) is 35.8 Å². The summed E-state index contributed by atoms with van der Waals surface area (Å²) in [7, 11) is -4.93. The van der Waals surface area contributed by atoms with Crippen molar-refractivity contribution >= 4 is 27.6 Å². The quantitative estimate of drug-likeness (QED) is 0.110. The predicted molar refractivity (Wildman–Crippen MR) is 209 cm³/mol. The lowest BCUT2D eigenvalue weighted by molar-refractivity contribution is -0.121. The number of ether oxygens (including phenoxy) is 2. The lowest BCUT2D eigenvalue weighted by atomic mass is 9.84. The third-order valence-electron chi connectivity index (χ3n) is 10.6. The summed E-state index contributed by atoms with van der Waals surface area (Å²) in [6.07, 6.45) is 6.09. The summed E-state index contributed by atoms with van der Waals surface area (Å²) >= 11 is 0. The fourth-order valence-corrected chi connectivity index (χ4v) is 9.41. The average molecular weight is 797 g/mol. The van der Waals surface area contributed by atoms with Gasteiger partial charge in [0.2, 0.25) is 15.9 Å². The molecule has 5 aromatic carbocycles. The van der Waals surface area contributed by atoms with Gasteiger partial charge >= 0.3 is 5.97 Å². The Morgan fingerprint density at radius 1 is 0.702 bits per heavy atom. The molecular formula is C45H43F3N2O6S. The Morgan fingerprint density at radius 3 is 1.98 bits per heavy atom. The first-order valence-electron chi connectivity index (χ1n) is 19.2. The lowest BCUT2D eigenvalue weighted by Gasteiger charge is -2.31. The monoisotopic (exact) mass is 796 g/mol. The molecule has 2 fully saturated rings. The zero-order chi connectivity index (χ0) is 39.9. The molecule has 296 valence electrons. The number of nitrogens with zero attached hydrogens (tertiary/aromatic N) is 2. The molecule has 2 aliphatic rings. The van der Waals surface area contributed by atoms with Crippen molar-refractivity contribution in [1.82, 2.24) is 4.31 Å². The van der Waals surface area contributed by atoms with Crippen LogP contribution in [0, 0.1) is 17.5 Å². The third kappa shape index (κ3) is 9.24. The van der Waals surface area contributed by atoms with Gasteiger partial charge in [0, 0.05) is 30.4 Å². The molecule has 1 atom stereocenters. The summed E-state index contributed by atoms with van der Waals surface area (Å²) in [5, 5.41) is 0. The van der Waals surface area contributed by atoms with E-state index in [4.69, 9.17) is 9.47 Å². The molecule has 1 saturated heterocycles. The zero-order valence-corrected chi connectivity index (χ0v) is 32.1. The van der Waals surface area contributed by atoms with Crippen molar-refractivity contribution in [3.63, 3.8) is 0 Å². The smallest absolute Gasteiger partial charge is 0.342 e. The largest absolute Gasteiger partial charge is 0.488 e. The second-order valence-corrected chi connectivity index (χ2v) is 16.3. The summed E-state index contributed by atoms with van der Waals surface area (Å²) in [6, 6.07) is 30.4. The fourth-order valence-electron chi connectivity index (χ4n) is 7.66. The Kier molecular flexibility index (Phi) is 12.4. The van der Waals surface area contributed by atoms with Gasteiger partial charge in [-0.1, -0.05) is 104 Å². The van der Waals surface area contributed by atoms with Crippen molar-refractivity contribution in [3.8, 4) is 5.75 Å². The Labute approximate surface area is 330 Å². The highest BCUT2D eigenvalue weighted by atomic mass is 32.2. The molecule has 1 aliphatic heterocycles. The first kappa shape index (κ1) is 39.8. The molecule has 0 spiro atoms. The molecule has 1 amide bonds. The van der Waals surface area contributed by atoms with Crippen LogP contribution in [-0.4, -0.2) is 37.2 Å². The van der Waals surface area contributed by atoms with Crippen molar-refractivity contribution in [2.24, 2.45) is 0 Å². The van der Waals surface area contributed by atoms with Crippen molar-refractivity contribution in [3.05, 3.63) is 161 Å². The lowest BCUT2D eigenvalue weighted by Crippen LogP contribution is -2.48. The van der Waals surface area contributed by atoms with Gasteiger partial charge in [0.25, 0.3) is 0 Å². The molecule has 8 nitrogen and oxygen atoms in total. The maximum Gasteiger partial charge on any atom is 0.342 e. The van der Waals surface area contributed by atoms with E-state index in [-0.39, 0.29) is 50.5 Å². The standard InChI is InChI=1S/C45H43F3N2O6S/c46-36-25-39(47)43(40(48)26-36)57(53,54)50-24-10-17-41(50)44(51)49(28-31-18-20-35(21-19-31)34-15-8-3-9-16-34)37-22-23-38(45(52)56-30-33-13-6-2-7-14-33)42(27-37)55-29-32-11-4-1-5-12-32/h1-2,4-7,11-14,18-23,25-27,34,41H,3,8-10,15-17,24,28-30H2/t41-/m1/s1. The van der Waals surface area contributed by atoms with Crippen molar-refractivity contribution < 1.29 is 40.7 Å². The Balaban J connectivity index is 1.25. The topological polar surface area (TPSA) is 93.2 Å². The molecule has 1 aliphatic carbocycles. The van der Waals surface area contributed by atoms with Crippen LogP contribution in [0.5, 0.6) is 5.75 Å². The first-order valence-corrected chi connectivity index (χ1v) is 20.6. The van der Waals surface area contributed by atoms with Gasteiger partial charge in [0.1, 0.15) is 48.0 Å². The average Bonchev–Trinajstić information content (AvgIpc) is 3.73. The number of anilines is 1. The number of esters is 1. The molecule has 7 rings (SSSR count). The third-order valence-corrected chi connectivity index (χ3v) is 12.6. The summed E-state index contributed by atoms with van der Waals surface area (Å²) in [6.45, 7) is -0.0779. The van der Waals surface area contributed by atoms with Crippen LogP contribution in [0.1, 0.15) is 83.5 Å². The van der Waals surface area contributed by atoms with E-state index in [0.29, 0.717) is 23.7 Å². The Morgan fingerprint density at radius 2 is 1.33 bits per heavy atom. The normalized spacial score (nSPS) is 16.3. The van der Waals surface area contributed by atoms with Gasteiger partial charge in [-0.25, -0.2) is 26.4 Å². The minimum atomic E-state index is -4.93. The van der Waals surface area contributed by atoms with E-state index >= 15 is 0 Å². The van der Waals surface area contributed by atoms with Gasteiger partial charge < -0.3 is 14.4 Å². The van der Waals surface area contributed by atoms with Crippen LogP contribution in [0.15, 0.2) is 120 Å². The zero-order valence-electron chi connectivity index (χ0n) is 31.3. The second-order valence-electron chi connectivity index (χ2n) is 14.5. The summed E-state index contributed by atoms with van der Waals surface area (Å²) < 4.78 is 84.0. The summed E-state index contributed by atoms with van der Waals surface area (Å²) in [5.41, 5.74) is 3.98. The number of halogens is 3. The number of carbonyl (C=O) groups excluding carboxylic acids is 2. The molecule has 0 unspecified atom stereocenters. The van der Waals surface area contributed by atoms with E-state index in [2.05, 4.69) is 12.1 Å². The summed E-state index contributed by atoms with van der Waals surface area (Å²) in [4.78, 5) is 28.4. The Bertz CT molecular complexity index is 2280. The number of carbonyl (C=O) groups is 2. The van der Waals surface area contributed by atoms with E-state index in [1.807, 2.05) is 72.8 Å². The maximum atomic E-state index is 14.9. The fraction of sp³-hybridized carbons (Fsp3) is 0.289. The van der Waals surface area contributed by atoms with E-state index in [9.17, 15) is 31.2 Å². The number of hydrogen-bond acceptors (Lipinski definition) is 6. The van der Waals surface area contributed by atoms with Gasteiger partial charge in [-0.05, 0) is 66.0 Å². The highest BCUT2D eigenvalue weighted by Gasteiger charge is 2.44. The van der Waals surface area contributed by atoms with Gasteiger partial charge in [0.15, 0.2) is 4.90 Å². The minimum absolute atomic E-state index is 0.00334. The molecule has 0 N–H and O–H groups in total. The van der Waals surface area contributed by atoms with Crippen LogP contribution in [0.2, 0.25) is 0 Å². The Hall–Kier alpha value is -5.46. The van der Waals surface area contributed by atoms with E-state index < -0.39 is 50.3 Å². The molecule has 5 aromatic rings. The van der Waals surface area contributed by atoms with Crippen molar-refractivity contribution in [2.75, 3.05) is 11.4 Å². The number of benzene rings is 5. The van der Waals surface area contributed by atoms with Gasteiger partial charge in [0.05, 0.1) is 6.54 Å². The van der Waals surface area contributed by atoms with Gasteiger partial charge in [-0.15, -0.1) is 0 Å². The van der Waals surface area contributed by atoms with E-state index in [0.717, 1.165) is 33.8 Å². The van der Waals surface area contributed by atoms with Gasteiger partial charge in [-0.3, -0.25) is 4.79 Å². The molecule has 1 saturated carbocycles. The molecule has 0 aromatic heterocycles. The first-order chi connectivity index (χ1) is 27.6. The minimum Gasteiger partial charge on any atom is -0.488 e. The molecule has 12 heteroatoms. The van der Waals surface area contributed by atoms with Crippen LogP contribution >= 0.6 is 0 Å². The SMILES string of the molecule is O=C(OCc1ccccc1)c1ccc(N(Cc2ccc(C3CCCCC3)cc2)C(=O)[C@H]2CCCN2S(=O)(=O)c2c(F)cc(F)cc2F)cc1OCc1ccccc1. The van der Waals surface area contributed by atoms with Crippen molar-refractivity contribution in [2.45, 2.75) is 81.6 Å². The number of hydrogen-bond donors (Lipinski definition) is 0. The molecule has 0 radical (unpaired) electrons. The van der Waals surface area contributed by atoms with Crippen LogP contribution < -0.4 is 9.64 Å². The molecular weight excluding hydrogens is 754 g/mol. The van der Waals surface area contributed by atoms with Crippen LogP contribution in [0.4, 0.5) is 18.9 Å². The van der Waals surface area contributed by atoms with Crippen LogP contribution in [-0.2, 0) is 39.3 Å². The summed E-state index contributed by atoms with van der Waals surface area (Å²) in [5.74, 6) is -5.16. The van der Waals surface area contributed by atoms with Crippen molar-refractivity contribution in [1.29, 1.82) is 0 Å². The number of rotatable bonds is 13. The molecule has 57 heavy (non-hydrogen) atoms. The number of amides is 1. The van der Waals surface area contributed by atoms with Crippen LogP contribution in [0.25, 0.3) is 0 Å². The highest BCUT2D eigenvalue weighted by molar-refractivity contribution is 7.89. The molecule has 1 heterocycles. The van der Waals surface area contributed by atoms with Gasteiger partial charge in [-0.2, -0.15) is 4.31 Å². The second kappa shape index (κ2) is 17.8. The van der Waals surface area contributed by atoms with Crippen LogP contribution in [0.3, 0.4) is 0 Å².